The molecule has 1 aliphatic carbocycles. The maximum Gasteiger partial charge on any atom is 0.233 e. The van der Waals surface area contributed by atoms with Crippen LogP contribution in [0.5, 0.6) is 5.75 Å². The molecular weight excluding hydrogens is 415 g/mol. The van der Waals surface area contributed by atoms with Gasteiger partial charge in [0.25, 0.3) is 0 Å². The van der Waals surface area contributed by atoms with Crippen LogP contribution in [-0.2, 0) is 6.54 Å². The molecule has 2 heterocycles. The third kappa shape index (κ3) is 5.95. The van der Waals surface area contributed by atoms with Crippen molar-refractivity contribution in [1.29, 1.82) is 0 Å². The van der Waals surface area contributed by atoms with Crippen LogP contribution in [0, 0.1) is 23.2 Å². The third-order valence-corrected chi connectivity index (χ3v) is 5.96. The Hall–Kier alpha value is -3.12. The topological polar surface area (TPSA) is 84.0 Å². The van der Waals surface area contributed by atoms with Crippen molar-refractivity contribution in [2.45, 2.75) is 38.6 Å². The molecule has 1 aliphatic rings. The van der Waals surface area contributed by atoms with Crippen LogP contribution < -0.4 is 20.7 Å². The van der Waals surface area contributed by atoms with Crippen LogP contribution in [0.4, 0.5) is 27.9 Å². The second-order valence-corrected chi connectivity index (χ2v) is 8.41. The molecule has 0 amide bonds. The lowest BCUT2D eigenvalue weighted by atomic mass is 9.89. The highest BCUT2D eigenvalue weighted by atomic mass is 32.1. The first kappa shape index (κ1) is 21.1. The number of nitrogens with one attached hydrogen (secondary N) is 3. The highest BCUT2D eigenvalue weighted by Gasteiger charge is 2.15. The second-order valence-electron chi connectivity index (χ2n) is 7.48. The largest absolute Gasteiger partial charge is 0.494 e. The van der Waals surface area contributed by atoms with Crippen LogP contribution >= 0.6 is 11.3 Å². The molecule has 0 unspecified atom stereocenters. The summed E-state index contributed by atoms with van der Waals surface area (Å²) in [6.45, 7) is 1.39. The number of hydrogen-bond donors (Lipinski definition) is 3. The van der Waals surface area contributed by atoms with E-state index in [0.29, 0.717) is 36.0 Å². The molecule has 0 spiro atoms. The Morgan fingerprint density at radius 1 is 1.10 bits per heavy atom. The molecular formula is C22H25FN6OS. The molecule has 4 rings (SSSR count). The van der Waals surface area contributed by atoms with E-state index in [9.17, 15) is 4.39 Å². The minimum Gasteiger partial charge on any atom is -0.494 e. The summed E-state index contributed by atoms with van der Waals surface area (Å²) in [5.74, 6) is 1.61. The summed E-state index contributed by atoms with van der Waals surface area (Å²) in [5, 5.41) is 12.6. The SMILES string of the molecule is COc1ccc(Nc2nc(NCc3cc#cs3)nc(NCC3CCCCC3)n2)cc1F. The Labute approximate surface area is 185 Å². The average Bonchev–Trinajstić information content (AvgIpc) is 3.31. The zero-order valence-corrected chi connectivity index (χ0v) is 18.2. The standard InChI is InChI=1S/C22H25FN6OS/c1-30-19-10-9-16(12-18(19)23)26-22-28-20(24-13-15-6-3-2-4-7-15)27-21(29-22)25-14-17-8-5-11-31-17/h8-10,12,15H,2-4,6-7,13-14H2,1H3,(H3,24,25,26,27,28,29). The number of aromatic nitrogens is 3. The fourth-order valence-corrected chi connectivity index (χ4v) is 4.09. The van der Waals surface area contributed by atoms with Gasteiger partial charge in [-0.15, -0.1) is 0 Å². The van der Waals surface area contributed by atoms with Crippen LogP contribution in [0.15, 0.2) is 24.3 Å². The molecule has 0 saturated heterocycles. The zero-order chi connectivity index (χ0) is 21.5. The molecule has 7 nitrogen and oxygen atoms in total. The maximum atomic E-state index is 14.1. The summed E-state index contributed by atoms with van der Waals surface area (Å²) in [7, 11) is 1.43. The summed E-state index contributed by atoms with van der Waals surface area (Å²) in [5.41, 5.74) is 0.524. The van der Waals surface area contributed by atoms with E-state index in [0.717, 1.165) is 11.4 Å². The minimum absolute atomic E-state index is 0.183. The highest BCUT2D eigenvalue weighted by molar-refractivity contribution is 7.08. The lowest BCUT2D eigenvalue weighted by Gasteiger charge is -2.21. The van der Waals surface area contributed by atoms with Gasteiger partial charge in [-0.1, -0.05) is 36.7 Å². The number of anilines is 4. The van der Waals surface area contributed by atoms with Gasteiger partial charge in [-0.25, -0.2) is 4.39 Å². The summed E-state index contributed by atoms with van der Waals surface area (Å²) < 4.78 is 19.0. The van der Waals surface area contributed by atoms with Gasteiger partial charge in [0.1, 0.15) is 0 Å². The normalized spacial score (nSPS) is 14.0. The molecule has 9 heteroatoms. The maximum absolute atomic E-state index is 14.1. The number of methoxy groups -OCH3 is 1. The fourth-order valence-electron chi connectivity index (χ4n) is 3.58. The number of ether oxygens (including phenoxy) is 1. The Morgan fingerprint density at radius 3 is 2.58 bits per heavy atom. The second kappa shape index (κ2) is 10.3. The first-order valence-electron chi connectivity index (χ1n) is 10.4. The van der Waals surface area contributed by atoms with E-state index in [4.69, 9.17) is 4.74 Å². The van der Waals surface area contributed by atoms with E-state index in [-0.39, 0.29) is 5.75 Å². The molecule has 0 aliphatic heterocycles. The quantitative estimate of drug-likeness (QED) is 0.430. The van der Waals surface area contributed by atoms with Crippen molar-refractivity contribution in [1.82, 2.24) is 15.0 Å². The van der Waals surface area contributed by atoms with Crippen LogP contribution in [0.25, 0.3) is 0 Å². The van der Waals surface area contributed by atoms with E-state index >= 15 is 0 Å². The Morgan fingerprint density at radius 2 is 1.87 bits per heavy atom. The van der Waals surface area contributed by atoms with Gasteiger partial charge in [-0.05, 0) is 36.3 Å². The molecule has 0 radical (unpaired) electrons. The van der Waals surface area contributed by atoms with Crippen molar-refractivity contribution in [3.05, 3.63) is 46.4 Å². The lowest BCUT2D eigenvalue weighted by Crippen LogP contribution is -2.19. The molecule has 0 atom stereocenters. The van der Waals surface area contributed by atoms with Crippen LogP contribution in [0.3, 0.4) is 0 Å². The van der Waals surface area contributed by atoms with Gasteiger partial charge in [0.15, 0.2) is 11.6 Å². The Kier molecular flexibility index (Phi) is 6.99. The van der Waals surface area contributed by atoms with Gasteiger partial charge >= 0.3 is 0 Å². The fraction of sp³-hybridized carbons (Fsp3) is 0.409. The summed E-state index contributed by atoms with van der Waals surface area (Å²) in [6.07, 6.45) is 6.33. The average molecular weight is 441 g/mol. The summed E-state index contributed by atoms with van der Waals surface area (Å²) in [4.78, 5) is 14.5. The molecule has 31 heavy (non-hydrogen) atoms. The molecule has 0 bridgehead atoms. The van der Waals surface area contributed by atoms with E-state index < -0.39 is 5.82 Å². The van der Waals surface area contributed by atoms with Crippen molar-refractivity contribution >= 4 is 34.9 Å². The summed E-state index contributed by atoms with van der Waals surface area (Å²) in [6, 6.07) is 9.42. The number of hydrogen-bond acceptors (Lipinski definition) is 8. The van der Waals surface area contributed by atoms with Crippen LogP contribution in [-0.4, -0.2) is 28.6 Å². The highest BCUT2D eigenvalue weighted by Crippen LogP contribution is 2.25. The van der Waals surface area contributed by atoms with Gasteiger partial charge in [0.2, 0.25) is 17.8 Å². The monoisotopic (exact) mass is 440 g/mol. The minimum atomic E-state index is -0.458. The number of nitrogens with zero attached hydrogens (tertiary/aromatic N) is 3. The first-order valence-corrected chi connectivity index (χ1v) is 11.2. The molecule has 162 valence electrons. The van der Waals surface area contributed by atoms with Gasteiger partial charge < -0.3 is 20.7 Å². The molecule has 1 saturated carbocycles. The lowest BCUT2D eigenvalue weighted by molar-refractivity contribution is 0.373. The number of rotatable bonds is 9. The number of benzene rings is 1. The molecule has 1 aromatic carbocycles. The molecule has 3 aromatic rings. The first-order chi connectivity index (χ1) is 15.2. The van der Waals surface area contributed by atoms with Crippen molar-refractivity contribution in [3.8, 4) is 5.75 Å². The van der Waals surface area contributed by atoms with Crippen molar-refractivity contribution in [2.75, 3.05) is 29.6 Å². The van der Waals surface area contributed by atoms with Crippen molar-refractivity contribution < 1.29 is 9.13 Å². The van der Waals surface area contributed by atoms with Crippen LogP contribution in [0.1, 0.15) is 37.0 Å². The smallest absolute Gasteiger partial charge is 0.233 e. The predicted octanol–water partition coefficient (Wildman–Crippen LogP) is 5.03. The summed E-state index contributed by atoms with van der Waals surface area (Å²) >= 11 is 1.49. The van der Waals surface area contributed by atoms with Gasteiger partial charge in [0.05, 0.1) is 13.7 Å². The van der Waals surface area contributed by atoms with E-state index in [1.54, 1.807) is 12.1 Å². The van der Waals surface area contributed by atoms with Crippen molar-refractivity contribution in [2.24, 2.45) is 5.92 Å². The van der Waals surface area contributed by atoms with E-state index in [1.165, 1.54) is 56.6 Å². The molecule has 3 N–H and O–H groups in total. The van der Waals surface area contributed by atoms with Gasteiger partial charge in [-0.2, -0.15) is 15.0 Å². The van der Waals surface area contributed by atoms with Gasteiger partial charge in [-0.3, -0.25) is 0 Å². The Balaban J connectivity index is 1.50. The zero-order valence-electron chi connectivity index (χ0n) is 17.4. The molecule has 1 fully saturated rings. The van der Waals surface area contributed by atoms with Gasteiger partial charge in [0, 0.05) is 29.2 Å². The molecule has 2 aromatic heterocycles. The van der Waals surface area contributed by atoms with Crippen molar-refractivity contribution in [3.63, 3.8) is 0 Å². The Bertz CT molecular complexity index is 978. The third-order valence-electron chi connectivity index (χ3n) is 5.21. The number of halogens is 1. The van der Waals surface area contributed by atoms with E-state index in [2.05, 4.69) is 42.3 Å². The van der Waals surface area contributed by atoms with E-state index in [1.807, 2.05) is 6.07 Å². The predicted molar refractivity (Wildman–Crippen MR) is 120 cm³/mol. The van der Waals surface area contributed by atoms with Crippen LogP contribution in [0.2, 0.25) is 0 Å².